The van der Waals surface area contributed by atoms with Crippen LogP contribution in [0, 0.1) is 0 Å². The topological polar surface area (TPSA) is 21.3 Å². The van der Waals surface area contributed by atoms with E-state index >= 15 is 0 Å². The maximum atomic E-state index is 6.12. The summed E-state index contributed by atoms with van der Waals surface area (Å²) in [6, 6.07) is 12.2. The van der Waals surface area contributed by atoms with Crippen LogP contribution in [0.4, 0.5) is 0 Å². The van der Waals surface area contributed by atoms with Gasteiger partial charge in [-0.2, -0.15) is 0 Å². The van der Waals surface area contributed by atoms with Gasteiger partial charge in [-0.1, -0.05) is 29.8 Å². The van der Waals surface area contributed by atoms with Gasteiger partial charge in [0, 0.05) is 17.1 Å². The number of fused-ring (bicyclic) bond motifs is 1. The quantitative estimate of drug-likeness (QED) is 0.902. The van der Waals surface area contributed by atoms with E-state index in [-0.39, 0.29) is 0 Å². The third kappa shape index (κ3) is 2.34. The molecule has 0 atom stereocenters. The van der Waals surface area contributed by atoms with E-state index in [9.17, 15) is 0 Å². The van der Waals surface area contributed by atoms with Crippen molar-refractivity contribution in [2.45, 2.75) is 13.0 Å². The molecule has 98 valence electrons. The SMILES string of the molecule is COc1ccc2c(c1-c1cccc(Cl)c1)CNCC2. The van der Waals surface area contributed by atoms with Crippen LogP contribution in [0.25, 0.3) is 11.1 Å². The van der Waals surface area contributed by atoms with Crippen LogP contribution in [0.3, 0.4) is 0 Å². The highest BCUT2D eigenvalue weighted by Gasteiger charge is 2.18. The van der Waals surface area contributed by atoms with E-state index in [1.807, 2.05) is 18.2 Å². The van der Waals surface area contributed by atoms with Gasteiger partial charge in [0.25, 0.3) is 0 Å². The smallest absolute Gasteiger partial charge is 0.127 e. The Bertz CT molecular complexity index is 610. The molecule has 0 fully saturated rings. The molecule has 3 heteroatoms. The normalized spacial score (nSPS) is 14.0. The molecule has 2 aromatic rings. The Hall–Kier alpha value is -1.51. The van der Waals surface area contributed by atoms with E-state index in [0.717, 1.165) is 41.4 Å². The molecule has 1 aliphatic heterocycles. The van der Waals surface area contributed by atoms with Crippen LogP contribution in [-0.2, 0) is 13.0 Å². The fourth-order valence-electron chi connectivity index (χ4n) is 2.67. The minimum absolute atomic E-state index is 0.751. The molecule has 0 amide bonds. The second kappa shape index (κ2) is 5.24. The molecular formula is C16H16ClNO. The predicted octanol–water partition coefficient (Wildman–Crippen LogP) is 3.66. The molecule has 0 radical (unpaired) electrons. The Morgan fingerprint density at radius 1 is 1.21 bits per heavy atom. The Morgan fingerprint density at radius 2 is 2.11 bits per heavy atom. The van der Waals surface area contributed by atoms with Crippen LogP contribution in [0.5, 0.6) is 5.75 Å². The average Bonchev–Trinajstić information content (AvgIpc) is 2.46. The first-order valence-corrected chi connectivity index (χ1v) is 6.83. The lowest BCUT2D eigenvalue weighted by Crippen LogP contribution is -2.24. The van der Waals surface area contributed by atoms with Crippen molar-refractivity contribution in [1.82, 2.24) is 5.32 Å². The fourth-order valence-corrected chi connectivity index (χ4v) is 2.86. The van der Waals surface area contributed by atoms with Gasteiger partial charge in [0.15, 0.2) is 0 Å². The highest BCUT2D eigenvalue weighted by atomic mass is 35.5. The first-order valence-electron chi connectivity index (χ1n) is 6.45. The summed E-state index contributed by atoms with van der Waals surface area (Å²) in [5.41, 5.74) is 5.00. The van der Waals surface area contributed by atoms with E-state index < -0.39 is 0 Å². The van der Waals surface area contributed by atoms with Crippen LogP contribution < -0.4 is 10.1 Å². The molecule has 0 aromatic heterocycles. The number of methoxy groups -OCH3 is 1. The van der Waals surface area contributed by atoms with Crippen molar-refractivity contribution in [2.24, 2.45) is 0 Å². The van der Waals surface area contributed by atoms with Crippen molar-refractivity contribution >= 4 is 11.6 Å². The molecule has 0 unspecified atom stereocenters. The molecule has 1 aliphatic rings. The summed E-state index contributed by atoms with van der Waals surface area (Å²) in [4.78, 5) is 0. The number of hydrogen-bond donors (Lipinski definition) is 1. The molecule has 0 spiro atoms. The highest BCUT2D eigenvalue weighted by molar-refractivity contribution is 6.30. The second-order valence-corrected chi connectivity index (χ2v) is 5.15. The molecule has 0 bridgehead atoms. The van der Waals surface area contributed by atoms with Crippen LogP contribution in [0.2, 0.25) is 5.02 Å². The summed E-state index contributed by atoms with van der Waals surface area (Å²) in [5, 5.41) is 4.18. The lowest BCUT2D eigenvalue weighted by atomic mass is 9.91. The molecular weight excluding hydrogens is 258 g/mol. The minimum Gasteiger partial charge on any atom is -0.496 e. The van der Waals surface area contributed by atoms with Gasteiger partial charge in [-0.25, -0.2) is 0 Å². The van der Waals surface area contributed by atoms with Gasteiger partial charge < -0.3 is 10.1 Å². The van der Waals surface area contributed by atoms with Crippen LogP contribution in [0.15, 0.2) is 36.4 Å². The number of hydrogen-bond acceptors (Lipinski definition) is 2. The average molecular weight is 274 g/mol. The molecule has 1 heterocycles. The van der Waals surface area contributed by atoms with Crippen LogP contribution in [0.1, 0.15) is 11.1 Å². The van der Waals surface area contributed by atoms with Gasteiger partial charge >= 0.3 is 0 Å². The Kier molecular flexibility index (Phi) is 3.45. The molecule has 2 nitrogen and oxygen atoms in total. The summed E-state index contributed by atoms with van der Waals surface area (Å²) in [7, 11) is 1.71. The Labute approximate surface area is 118 Å². The first kappa shape index (κ1) is 12.5. The number of ether oxygens (including phenoxy) is 1. The minimum atomic E-state index is 0.751. The number of rotatable bonds is 2. The maximum Gasteiger partial charge on any atom is 0.127 e. The van der Waals surface area contributed by atoms with Crippen LogP contribution in [-0.4, -0.2) is 13.7 Å². The van der Waals surface area contributed by atoms with Gasteiger partial charge in [0.1, 0.15) is 5.75 Å². The molecule has 3 rings (SSSR count). The monoisotopic (exact) mass is 273 g/mol. The lowest BCUT2D eigenvalue weighted by Gasteiger charge is -2.22. The molecule has 0 saturated heterocycles. The molecule has 2 aromatic carbocycles. The second-order valence-electron chi connectivity index (χ2n) is 4.72. The van der Waals surface area contributed by atoms with E-state index in [1.54, 1.807) is 7.11 Å². The van der Waals surface area contributed by atoms with Crippen LogP contribution >= 0.6 is 11.6 Å². The highest BCUT2D eigenvalue weighted by Crippen LogP contribution is 2.37. The Morgan fingerprint density at radius 3 is 2.89 bits per heavy atom. The zero-order valence-electron chi connectivity index (χ0n) is 10.9. The molecule has 19 heavy (non-hydrogen) atoms. The fraction of sp³-hybridized carbons (Fsp3) is 0.250. The van der Waals surface area contributed by atoms with Gasteiger partial charge in [-0.15, -0.1) is 0 Å². The predicted molar refractivity (Wildman–Crippen MR) is 78.9 cm³/mol. The molecule has 0 aliphatic carbocycles. The standard InChI is InChI=1S/C16H16ClNO/c1-19-15-6-5-11-7-8-18-10-14(11)16(15)12-3-2-4-13(17)9-12/h2-6,9,18H,7-8,10H2,1H3. The van der Waals surface area contributed by atoms with Crippen molar-refractivity contribution in [1.29, 1.82) is 0 Å². The number of benzene rings is 2. The first-order chi connectivity index (χ1) is 9.29. The molecule has 0 saturated carbocycles. The summed E-state index contributed by atoms with van der Waals surface area (Å²) in [6.45, 7) is 1.92. The largest absolute Gasteiger partial charge is 0.496 e. The van der Waals surface area contributed by atoms with Crippen molar-refractivity contribution in [3.05, 3.63) is 52.5 Å². The van der Waals surface area contributed by atoms with Gasteiger partial charge in [-0.05, 0) is 47.9 Å². The third-order valence-electron chi connectivity index (χ3n) is 3.58. The van der Waals surface area contributed by atoms with E-state index in [1.165, 1.54) is 11.1 Å². The van der Waals surface area contributed by atoms with Crippen molar-refractivity contribution in [2.75, 3.05) is 13.7 Å². The summed E-state index contributed by atoms with van der Waals surface area (Å²) in [6.07, 6.45) is 1.06. The zero-order chi connectivity index (χ0) is 13.2. The van der Waals surface area contributed by atoms with E-state index in [0.29, 0.717) is 0 Å². The maximum absolute atomic E-state index is 6.12. The molecule has 1 N–H and O–H groups in total. The third-order valence-corrected chi connectivity index (χ3v) is 3.81. The zero-order valence-corrected chi connectivity index (χ0v) is 11.6. The summed E-state index contributed by atoms with van der Waals surface area (Å²) in [5.74, 6) is 0.907. The van der Waals surface area contributed by atoms with Gasteiger partial charge in [0.2, 0.25) is 0 Å². The lowest BCUT2D eigenvalue weighted by molar-refractivity contribution is 0.415. The van der Waals surface area contributed by atoms with E-state index in [2.05, 4.69) is 23.5 Å². The van der Waals surface area contributed by atoms with Crippen molar-refractivity contribution in [3.63, 3.8) is 0 Å². The Balaban J connectivity index is 2.22. The summed E-state index contributed by atoms with van der Waals surface area (Å²) < 4.78 is 5.53. The van der Waals surface area contributed by atoms with Crippen molar-refractivity contribution in [3.8, 4) is 16.9 Å². The number of nitrogens with one attached hydrogen (secondary N) is 1. The van der Waals surface area contributed by atoms with Crippen molar-refractivity contribution < 1.29 is 4.74 Å². The van der Waals surface area contributed by atoms with E-state index in [4.69, 9.17) is 16.3 Å². The van der Waals surface area contributed by atoms with Gasteiger partial charge in [0.05, 0.1) is 7.11 Å². The summed E-state index contributed by atoms with van der Waals surface area (Å²) >= 11 is 6.12. The van der Waals surface area contributed by atoms with Gasteiger partial charge in [-0.3, -0.25) is 0 Å². The number of halogens is 1.